The van der Waals surface area contributed by atoms with Crippen LogP contribution < -0.4 is 5.32 Å². The van der Waals surface area contributed by atoms with Crippen LogP contribution in [0.25, 0.3) is 0 Å². The zero-order valence-electron chi connectivity index (χ0n) is 11.4. The fraction of sp³-hybridized carbons (Fsp3) is 0.125. The first-order valence-corrected chi connectivity index (χ1v) is 7.09. The van der Waals surface area contributed by atoms with Gasteiger partial charge in [0.05, 0.1) is 25.0 Å². The van der Waals surface area contributed by atoms with Crippen LogP contribution in [0.4, 0.5) is 5.82 Å². The van der Waals surface area contributed by atoms with E-state index in [4.69, 9.17) is 11.6 Å². The Morgan fingerprint density at radius 1 is 1.00 bits per heavy atom. The number of hydrogen-bond acceptors (Lipinski definition) is 3. The lowest BCUT2D eigenvalue weighted by atomic mass is 10.2. The molecule has 0 bridgehead atoms. The summed E-state index contributed by atoms with van der Waals surface area (Å²) in [6, 6.07) is 15.6. The topological polar surface area (TPSA) is 42.7 Å². The van der Waals surface area contributed by atoms with Gasteiger partial charge < -0.3 is 5.32 Å². The van der Waals surface area contributed by atoms with Crippen LogP contribution in [0, 0.1) is 0 Å². The number of nitrogens with one attached hydrogen (secondary N) is 1. The number of halogens is 1. The lowest BCUT2D eigenvalue weighted by Crippen LogP contribution is -2.09. The van der Waals surface area contributed by atoms with Crippen molar-refractivity contribution < 1.29 is 0 Å². The van der Waals surface area contributed by atoms with Crippen LogP contribution in [0.1, 0.15) is 11.3 Å². The van der Waals surface area contributed by atoms with E-state index in [1.54, 1.807) is 12.4 Å². The number of anilines is 1. The predicted octanol–water partition coefficient (Wildman–Crippen LogP) is 3.59. The van der Waals surface area contributed by atoms with Gasteiger partial charge in [-0.2, -0.15) is 5.10 Å². The lowest BCUT2D eigenvalue weighted by Gasteiger charge is -2.10. The number of hydrogen-bond donors (Lipinski definition) is 1. The van der Waals surface area contributed by atoms with E-state index >= 15 is 0 Å². The zero-order valence-corrected chi connectivity index (χ0v) is 12.2. The fourth-order valence-corrected chi connectivity index (χ4v) is 2.18. The number of nitrogens with zero attached hydrogens (tertiary/aromatic N) is 3. The minimum atomic E-state index is 0.674. The third-order valence-corrected chi connectivity index (χ3v) is 3.39. The third kappa shape index (κ3) is 3.61. The summed E-state index contributed by atoms with van der Waals surface area (Å²) in [7, 11) is 0. The van der Waals surface area contributed by atoms with Crippen molar-refractivity contribution in [1.29, 1.82) is 0 Å². The molecule has 0 unspecified atom stereocenters. The van der Waals surface area contributed by atoms with Crippen LogP contribution in [0.5, 0.6) is 0 Å². The summed E-state index contributed by atoms with van der Waals surface area (Å²) >= 11 is 5.90. The van der Waals surface area contributed by atoms with Crippen LogP contribution in [-0.2, 0) is 13.1 Å². The summed E-state index contributed by atoms with van der Waals surface area (Å²) in [6.07, 6.45) is 3.58. The molecular formula is C16H15ClN4. The maximum atomic E-state index is 5.90. The Bertz CT molecular complexity index is 692. The van der Waals surface area contributed by atoms with Gasteiger partial charge in [0.1, 0.15) is 5.82 Å². The van der Waals surface area contributed by atoms with Gasteiger partial charge >= 0.3 is 0 Å². The van der Waals surface area contributed by atoms with Crippen molar-refractivity contribution in [3.8, 4) is 0 Å². The fourth-order valence-electron chi connectivity index (χ4n) is 2.06. The highest BCUT2D eigenvalue weighted by Crippen LogP contribution is 2.14. The van der Waals surface area contributed by atoms with E-state index < -0.39 is 0 Å². The van der Waals surface area contributed by atoms with Gasteiger partial charge in [-0.1, -0.05) is 29.8 Å². The van der Waals surface area contributed by atoms with E-state index in [1.807, 2.05) is 53.2 Å². The minimum absolute atomic E-state index is 0.674. The summed E-state index contributed by atoms with van der Waals surface area (Å²) in [5, 5.41) is 8.44. The van der Waals surface area contributed by atoms with E-state index in [2.05, 4.69) is 15.4 Å². The molecule has 4 nitrogen and oxygen atoms in total. The van der Waals surface area contributed by atoms with Crippen molar-refractivity contribution in [3.63, 3.8) is 0 Å². The molecule has 0 fully saturated rings. The molecule has 5 heteroatoms. The van der Waals surface area contributed by atoms with E-state index in [9.17, 15) is 0 Å². The summed E-state index contributed by atoms with van der Waals surface area (Å²) < 4.78 is 1.92. The molecule has 2 aromatic heterocycles. The summed E-state index contributed by atoms with van der Waals surface area (Å²) in [5.41, 5.74) is 2.15. The van der Waals surface area contributed by atoms with Gasteiger partial charge in [0.15, 0.2) is 0 Å². The second-order valence-electron chi connectivity index (χ2n) is 4.68. The molecule has 0 radical (unpaired) electrons. The molecule has 3 aromatic rings. The van der Waals surface area contributed by atoms with Gasteiger partial charge in [-0.25, -0.2) is 4.68 Å². The molecule has 3 rings (SSSR count). The molecule has 0 atom stereocenters. The van der Waals surface area contributed by atoms with Crippen molar-refractivity contribution in [3.05, 3.63) is 77.2 Å². The molecule has 0 saturated carbocycles. The second kappa shape index (κ2) is 6.41. The highest BCUT2D eigenvalue weighted by atomic mass is 35.5. The summed E-state index contributed by atoms with van der Waals surface area (Å²) in [5.74, 6) is 0.968. The average Bonchev–Trinajstić information content (AvgIpc) is 2.96. The van der Waals surface area contributed by atoms with Crippen LogP contribution in [-0.4, -0.2) is 14.8 Å². The maximum absolute atomic E-state index is 5.90. The minimum Gasteiger partial charge on any atom is -0.365 e. The average molecular weight is 299 g/mol. The van der Waals surface area contributed by atoms with Crippen molar-refractivity contribution >= 4 is 17.4 Å². The van der Waals surface area contributed by atoms with Crippen LogP contribution >= 0.6 is 11.6 Å². The molecule has 0 saturated heterocycles. The van der Waals surface area contributed by atoms with Crippen molar-refractivity contribution in [2.75, 3.05) is 5.32 Å². The van der Waals surface area contributed by atoms with E-state index in [0.717, 1.165) is 22.1 Å². The van der Waals surface area contributed by atoms with Crippen molar-refractivity contribution in [2.24, 2.45) is 0 Å². The SMILES string of the molecule is Clc1ccc(Cn2nccc2NCc2ccccn2)cc1. The zero-order chi connectivity index (χ0) is 14.5. The first-order valence-electron chi connectivity index (χ1n) is 6.71. The largest absolute Gasteiger partial charge is 0.365 e. The van der Waals surface area contributed by atoms with Crippen LogP contribution in [0.3, 0.4) is 0 Å². The first-order chi connectivity index (χ1) is 10.3. The van der Waals surface area contributed by atoms with Crippen LogP contribution in [0.2, 0.25) is 5.02 Å². The van der Waals surface area contributed by atoms with E-state index in [1.165, 1.54) is 0 Å². The molecule has 1 aromatic carbocycles. The van der Waals surface area contributed by atoms with Crippen molar-refractivity contribution in [2.45, 2.75) is 13.1 Å². The molecule has 0 spiro atoms. The standard InChI is InChI=1S/C16H15ClN4/c17-14-6-4-13(5-7-14)12-21-16(8-10-20-21)19-11-15-3-1-2-9-18-15/h1-10,19H,11-12H2. The maximum Gasteiger partial charge on any atom is 0.124 e. The smallest absolute Gasteiger partial charge is 0.124 e. The number of aromatic nitrogens is 3. The highest BCUT2D eigenvalue weighted by molar-refractivity contribution is 6.30. The van der Waals surface area contributed by atoms with Gasteiger partial charge in [0.25, 0.3) is 0 Å². The van der Waals surface area contributed by atoms with Gasteiger partial charge in [-0.05, 0) is 29.8 Å². The molecule has 2 heterocycles. The monoisotopic (exact) mass is 298 g/mol. The molecule has 1 N–H and O–H groups in total. The highest BCUT2D eigenvalue weighted by Gasteiger charge is 2.03. The number of pyridine rings is 1. The van der Waals surface area contributed by atoms with E-state index in [-0.39, 0.29) is 0 Å². The Labute approximate surface area is 128 Å². The van der Waals surface area contributed by atoms with Crippen molar-refractivity contribution in [1.82, 2.24) is 14.8 Å². The Morgan fingerprint density at radius 3 is 2.62 bits per heavy atom. The summed E-state index contributed by atoms with van der Waals surface area (Å²) in [4.78, 5) is 4.29. The second-order valence-corrected chi connectivity index (χ2v) is 5.11. The quantitative estimate of drug-likeness (QED) is 0.783. The molecular weight excluding hydrogens is 284 g/mol. The normalized spacial score (nSPS) is 10.5. The van der Waals surface area contributed by atoms with E-state index in [0.29, 0.717) is 13.1 Å². The Balaban J connectivity index is 1.68. The Morgan fingerprint density at radius 2 is 1.86 bits per heavy atom. The van der Waals surface area contributed by atoms with Gasteiger partial charge in [0.2, 0.25) is 0 Å². The Hall–Kier alpha value is -2.33. The van der Waals surface area contributed by atoms with Gasteiger partial charge in [0, 0.05) is 17.3 Å². The van der Waals surface area contributed by atoms with Gasteiger partial charge in [-0.15, -0.1) is 0 Å². The molecule has 0 aliphatic rings. The number of benzene rings is 1. The lowest BCUT2D eigenvalue weighted by molar-refractivity contribution is 0.690. The number of rotatable bonds is 5. The van der Waals surface area contributed by atoms with Gasteiger partial charge in [-0.3, -0.25) is 4.98 Å². The summed E-state index contributed by atoms with van der Waals surface area (Å²) in [6.45, 7) is 1.38. The predicted molar refractivity (Wildman–Crippen MR) is 84.3 cm³/mol. The molecule has 0 aliphatic heterocycles. The Kier molecular flexibility index (Phi) is 4.17. The molecule has 0 aliphatic carbocycles. The third-order valence-electron chi connectivity index (χ3n) is 3.14. The molecule has 106 valence electrons. The molecule has 0 amide bonds. The van der Waals surface area contributed by atoms with Crippen LogP contribution in [0.15, 0.2) is 60.9 Å². The first kappa shape index (κ1) is 13.6. The molecule has 21 heavy (non-hydrogen) atoms.